The van der Waals surface area contributed by atoms with E-state index in [1.165, 1.54) is 25.7 Å². The summed E-state index contributed by atoms with van der Waals surface area (Å²) in [6, 6.07) is 4.23. The zero-order chi connectivity index (χ0) is 18.4. The van der Waals surface area contributed by atoms with E-state index in [0.717, 1.165) is 29.7 Å². The van der Waals surface area contributed by atoms with Gasteiger partial charge in [-0.05, 0) is 46.1 Å². The summed E-state index contributed by atoms with van der Waals surface area (Å²) in [6.45, 7) is 16.6. The first-order chi connectivity index (χ1) is 11.1. The number of phenolic OH excluding ortho intramolecular Hbond substituents is 1. The minimum Gasteiger partial charge on any atom is -0.507 e. The number of ether oxygens (including phenoxy) is 1. The molecule has 0 saturated carbocycles. The molecule has 0 aromatic heterocycles. The first-order valence-electron chi connectivity index (χ1n) is 9.52. The van der Waals surface area contributed by atoms with Crippen LogP contribution in [0.5, 0.6) is 5.75 Å². The highest BCUT2D eigenvalue weighted by molar-refractivity contribution is 5.49. The molecular formula is C22H38O2. The number of rotatable bonds is 8. The molecule has 0 atom stereocenters. The minimum absolute atomic E-state index is 0.0831. The van der Waals surface area contributed by atoms with Gasteiger partial charge >= 0.3 is 0 Å². The van der Waals surface area contributed by atoms with Crippen LogP contribution in [0.3, 0.4) is 0 Å². The van der Waals surface area contributed by atoms with Gasteiger partial charge in [-0.1, -0.05) is 74.1 Å². The number of unbranched alkanes of at least 4 members (excludes halogenated alkanes) is 4. The number of phenols is 1. The van der Waals surface area contributed by atoms with E-state index in [-0.39, 0.29) is 10.8 Å². The molecule has 24 heavy (non-hydrogen) atoms. The molecule has 0 saturated heterocycles. The van der Waals surface area contributed by atoms with Crippen LogP contribution in [-0.2, 0) is 22.2 Å². The van der Waals surface area contributed by atoms with E-state index in [1.54, 1.807) is 0 Å². The Labute approximate surface area is 149 Å². The highest BCUT2D eigenvalue weighted by atomic mass is 16.5. The minimum atomic E-state index is -0.0831. The van der Waals surface area contributed by atoms with E-state index in [0.29, 0.717) is 12.4 Å². The fourth-order valence-electron chi connectivity index (χ4n) is 2.92. The summed E-state index contributed by atoms with van der Waals surface area (Å²) in [5.41, 5.74) is 3.02. The van der Waals surface area contributed by atoms with Gasteiger partial charge < -0.3 is 9.84 Å². The molecule has 2 heteroatoms. The molecule has 0 bridgehead atoms. The van der Waals surface area contributed by atoms with Gasteiger partial charge in [0.1, 0.15) is 5.75 Å². The summed E-state index contributed by atoms with van der Waals surface area (Å²) >= 11 is 0. The summed E-state index contributed by atoms with van der Waals surface area (Å²) < 4.78 is 5.89. The lowest BCUT2D eigenvalue weighted by Gasteiger charge is -2.28. The van der Waals surface area contributed by atoms with Gasteiger partial charge in [-0.25, -0.2) is 0 Å². The monoisotopic (exact) mass is 334 g/mol. The zero-order valence-electron chi connectivity index (χ0n) is 17.0. The van der Waals surface area contributed by atoms with E-state index in [4.69, 9.17) is 4.74 Å². The van der Waals surface area contributed by atoms with Crippen molar-refractivity contribution in [1.29, 1.82) is 0 Å². The van der Waals surface area contributed by atoms with Gasteiger partial charge in [0, 0.05) is 6.61 Å². The van der Waals surface area contributed by atoms with Crippen LogP contribution >= 0.6 is 0 Å². The Morgan fingerprint density at radius 3 is 1.79 bits per heavy atom. The largest absolute Gasteiger partial charge is 0.507 e. The molecule has 1 N–H and O–H groups in total. The molecule has 0 spiro atoms. The van der Waals surface area contributed by atoms with Crippen LogP contribution in [0.2, 0.25) is 0 Å². The van der Waals surface area contributed by atoms with Gasteiger partial charge in [-0.2, -0.15) is 0 Å². The maximum atomic E-state index is 10.7. The number of aromatic hydroxyl groups is 1. The number of benzene rings is 1. The van der Waals surface area contributed by atoms with E-state index >= 15 is 0 Å². The maximum Gasteiger partial charge on any atom is 0.123 e. The Morgan fingerprint density at radius 1 is 0.833 bits per heavy atom. The molecule has 0 aliphatic rings. The predicted molar refractivity (Wildman–Crippen MR) is 104 cm³/mol. The molecule has 0 aliphatic carbocycles. The molecule has 1 rings (SSSR count). The second-order valence-electron chi connectivity index (χ2n) is 9.01. The molecule has 0 radical (unpaired) electrons. The predicted octanol–water partition coefficient (Wildman–Crippen LogP) is 6.47. The highest BCUT2D eigenvalue weighted by Crippen LogP contribution is 2.39. The topological polar surface area (TPSA) is 29.5 Å². The lowest BCUT2D eigenvalue weighted by molar-refractivity contribution is 0.116. The van der Waals surface area contributed by atoms with Crippen LogP contribution in [0.25, 0.3) is 0 Å². The van der Waals surface area contributed by atoms with Gasteiger partial charge in [0.25, 0.3) is 0 Å². The van der Waals surface area contributed by atoms with Crippen molar-refractivity contribution in [3.05, 3.63) is 28.8 Å². The van der Waals surface area contributed by atoms with Crippen molar-refractivity contribution in [3.63, 3.8) is 0 Å². The molecule has 1 aromatic carbocycles. The lowest BCUT2D eigenvalue weighted by Crippen LogP contribution is -2.18. The SMILES string of the molecule is CCCCCCCOCc1cc(C(C)(C)C)c(O)c(C(C)(C)C)c1. The lowest BCUT2D eigenvalue weighted by atomic mass is 9.78. The highest BCUT2D eigenvalue weighted by Gasteiger charge is 2.26. The van der Waals surface area contributed by atoms with Crippen LogP contribution in [0.15, 0.2) is 12.1 Å². The number of hydrogen-bond donors (Lipinski definition) is 1. The van der Waals surface area contributed by atoms with Crippen molar-refractivity contribution in [2.45, 2.75) is 98.0 Å². The first-order valence-corrected chi connectivity index (χ1v) is 9.52. The summed E-state index contributed by atoms with van der Waals surface area (Å²) in [4.78, 5) is 0. The standard InChI is InChI=1S/C22H38O2/c1-8-9-10-11-12-13-24-16-17-14-18(21(2,3)4)20(23)19(15-17)22(5,6)7/h14-15,23H,8-13,16H2,1-7H3. The third kappa shape index (κ3) is 6.47. The Morgan fingerprint density at radius 2 is 1.33 bits per heavy atom. The summed E-state index contributed by atoms with van der Waals surface area (Å²) in [5, 5.41) is 10.7. The van der Waals surface area contributed by atoms with Gasteiger partial charge in [-0.3, -0.25) is 0 Å². The van der Waals surface area contributed by atoms with E-state index in [1.807, 2.05) is 0 Å². The Hall–Kier alpha value is -1.02. The van der Waals surface area contributed by atoms with Crippen LogP contribution in [0.1, 0.15) is 97.3 Å². The fraction of sp³-hybridized carbons (Fsp3) is 0.727. The Balaban J connectivity index is 2.80. The van der Waals surface area contributed by atoms with E-state index < -0.39 is 0 Å². The molecule has 0 aliphatic heterocycles. The number of hydrogen-bond acceptors (Lipinski definition) is 2. The van der Waals surface area contributed by atoms with Crippen molar-refractivity contribution >= 4 is 0 Å². The third-order valence-electron chi connectivity index (χ3n) is 4.45. The summed E-state index contributed by atoms with van der Waals surface area (Å²) in [6.07, 6.45) is 6.29. The van der Waals surface area contributed by atoms with Crippen LogP contribution in [0, 0.1) is 0 Å². The maximum absolute atomic E-state index is 10.7. The van der Waals surface area contributed by atoms with E-state index in [9.17, 15) is 5.11 Å². The summed E-state index contributed by atoms with van der Waals surface area (Å²) in [7, 11) is 0. The van der Waals surface area contributed by atoms with Gasteiger partial charge in [0.2, 0.25) is 0 Å². The normalized spacial score (nSPS) is 12.6. The van der Waals surface area contributed by atoms with Crippen molar-refractivity contribution in [2.24, 2.45) is 0 Å². The van der Waals surface area contributed by atoms with Crippen LogP contribution in [-0.4, -0.2) is 11.7 Å². The summed E-state index contributed by atoms with van der Waals surface area (Å²) in [5.74, 6) is 0.443. The van der Waals surface area contributed by atoms with Gasteiger partial charge in [0.15, 0.2) is 0 Å². The van der Waals surface area contributed by atoms with Crippen molar-refractivity contribution in [3.8, 4) is 5.75 Å². The molecule has 0 fully saturated rings. The van der Waals surface area contributed by atoms with E-state index in [2.05, 4.69) is 60.6 Å². The van der Waals surface area contributed by atoms with Crippen LogP contribution < -0.4 is 0 Å². The molecule has 0 amide bonds. The Bertz CT molecular complexity index is 469. The quantitative estimate of drug-likeness (QED) is 0.552. The molecule has 2 nitrogen and oxygen atoms in total. The third-order valence-corrected chi connectivity index (χ3v) is 4.45. The molecule has 138 valence electrons. The molecule has 0 heterocycles. The smallest absolute Gasteiger partial charge is 0.123 e. The molecule has 1 aromatic rings. The average molecular weight is 335 g/mol. The fourth-order valence-corrected chi connectivity index (χ4v) is 2.92. The molecule has 0 unspecified atom stereocenters. The van der Waals surface area contributed by atoms with Gasteiger partial charge in [0.05, 0.1) is 6.61 Å². The molecular weight excluding hydrogens is 296 g/mol. The Kier molecular flexibility index (Phi) is 7.79. The second kappa shape index (κ2) is 8.89. The van der Waals surface area contributed by atoms with Crippen molar-refractivity contribution in [2.75, 3.05) is 6.61 Å². The van der Waals surface area contributed by atoms with Gasteiger partial charge in [-0.15, -0.1) is 0 Å². The zero-order valence-corrected chi connectivity index (χ0v) is 17.0. The van der Waals surface area contributed by atoms with Crippen molar-refractivity contribution < 1.29 is 9.84 Å². The van der Waals surface area contributed by atoms with Crippen molar-refractivity contribution in [1.82, 2.24) is 0 Å². The van der Waals surface area contributed by atoms with Crippen LogP contribution in [0.4, 0.5) is 0 Å². The average Bonchev–Trinajstić information content (AvgIpc) is 2.45. The second-order valence-corrected chi connectivity index (χ2v) is 9.01. The first kappa shape index (κ1) is 21.0.